The fraction of sp³-hybridized carbons (Fsp3) is 0.214. The van der Waals surface area contributed by atoms with Crippen molar-refractivity contribution in [2.75, 3.05) is 28.8 Å². The minimum Gasteiger partial charge on any atom is -0.489 e. The molecule has 0 atom stereocenters. The van der Waals surface area contributed by atoms with Crippen LogP contribution in [-0.4, -0.2) is 36.9 Å². The van der Waals surface area contributed by atoms with Gasteiger partial charge in [-0.05, 0) is 35.9 Å². The van der Waals surface area contributed by atoms with Gasteiger partial charge in [0.15, 0.2) is 5.13 Å². The van der Waals surface area contributed by atoms with Gasteiger partial charge in [-0.15, -0.1) is 11.3 Å². The molecular formula is C28H29N5O3S2. The lowest BCUT2D eigenvalue weighted by atomic mass is 10.1. The van der Waals surface area contributed by atoms with Gasteiger partial charge in [-0.1, -0.05) is 30.3 Å². The molecule has 1 aliphatic heterocycles. The van der Waals surface area contributed by atoms with E-state index in [9.17, 15) is 8.42 Å². The minimum absolute atomic E-state index is 0.123. The molecule has 0 spiro atoms. The average molecular weight is 548 g/mol. The molecule has 0 aliphatic carbocycles. The molecule has 2 aromatic carbocycles. The zero-order chi connectivity index (χ0) is 26.4. The molecule has 8 nitrogen and oxygen atoms in total. The van der Waals surface area contributed by atoms with Crippen LogP contribution in [0, 0.1) is 0 Å². The Bertz CT molecular complexity index is 1500. The van der Waals surface area contributed by atoms with Crippen molar-refractivity contribution in [3.05, 3.63) is 101 Å². The Hall–Kier alpha value is -3.73. The molecule has 196 valence electrons. The van der Waals surface area contributed by atoms with Crippen molar-refractivity contribution in [3.63, 3.8) is 0 Å². The summed E-state index contributed by atoms with van der Waals surface area (Å²) in [5.74, 6) is 0.935. The first-order chi connectivity index (χ1) is 18.4. The number of aromatic nitrogens is 2. The molecule has 5 rings (SSSR count). The van der Waals surface area contributed by atoms with Crippen LogP contribution < -0.4 is 20.3 Å². The number of rotatable bonds is 11. The van der Waals surface area contributed by atoms with Crippen LogP contribution in [0.1, 0.15) is 21.6 Å². The van der Waals surface area contributed by atoms with E-state index in [1.165, 1.54) is 6.26 Å². The molecule has 0 radical (unpaired) electrons. The third-order valence-electron chi connectivity index (χ3n) is 5.97. The Kier molecular flexibility index (Phi) is 8.02. The van der Waals surface area contributed by atoms with E-state index >= 15 is 0 Å². The third-order valence-corrected chi connectivity index (χ3v) is 7.95. The molecule has 0 unspecified atom stereocenters. The second-order valence-corrected chi connectivity index (χ2v) is 12.4. The maximum Gasteiger partial charge on any atom is 0.189 e. The monoisotopic (exact) mass is 547 g/mol. The van der Waals surface area contributed by atoms with E-state index in [2.05, 4.69) is 25.5 Å². The fourth-order valence-electron chi connectivity index (χ4n) is 3.97. The van der Waals surface area contributed by atoms with E-state index < -0.39 is 9.84 Å². The van der Waals surface area contributed by atoms with Gasteiger partial charge < -0.3 is 20.3 Å². The fourth-order valence-corrected chi connectivity index (χ4v) is 5.35. The van der Waals surface area contributed by atoms with Gasteiger partial charge in [0, 0.05) is 59.6 Å². The summed E-state index contributed by atoms with van der Waals surface area (Å²) in [6.45, 7) is 2.19. The molecule has 3 heterocycles. The molecule has 0 fully saturated rings. The lowest BCUT2D eigenvalue weighted by molar-refractivity contribution is 0.306. The van der Waals surface area contributed by atoms with Gasteiger partial charge >= 0.3 is 0 Å². The first kappa shape index (κ1) is 25.9. The average Bonchev–Trinajstić information content (AvgIpc) is 3.40. The maximum atomic E-state index is 11.3. The van der Waals surface area contributed by atoms with Gasteiger partial charge in [-0.2, -0.15) is 0 Å². The van der Waals surface area contributed by atoms with E-state index in [0.717, 1.165) is 43.8 Å². The number of hydrogen-bond donors (Lipinski definition) is 2. The molecule has 4 aromatic rings. The lowest BCUT2D eigenvalue weighted by Crippen LogP contribution is -2.21. The molecular weight excluding hydrogens is 518 g/mol. The van der Waals surface area contributed by atoms with Crippen molar-refractivity contribution in [2.45, 2.75) is 19.7 Å². The Morgan fingerprint density at radius 2 is 1.87 bits per heavy atom. The summed E-state index contributed by atoms with van der Waals surface area (Å²) in [7, 11) is -2.97. The van der Waals surface area contributed by atoms with Crippen LogP contribution in [0.2, 0.25) is 0 Å². The van der Waals surface area contributed by atoms with Crippen molar-refractivity contribution < 1.29 is 13.2 Å². The highest BCUT2D eigenvalue weighted by Gasteiger charge is 2.18. The van der Waals surface area contributed by atoms with Crippen molar-refractivity contribution >= 4 is 43.8 Å². The van der Waals surface area contributed by atoms with Crippen LogP contribution in [0.5, 0.6) is 5.75 Å². The largest absolute Gasteiger partial charge is 0.489 e. The van der Waals surface area contributed by atoms with Gasteiger partial charge in [0.2, 0.25) is 0 Å². The molecule has 0 saturated heterocycles. The van der Waals surface area contributed by atoms with Crippen molar-refractivity contribution in [2.24, 2.45) is 0 Å². The Morgan fingerprint density at radius 3 is 2.66 bits per heavy atom. The Balaban J connectivity index is 1.21. The predicted molar refractivity (Wildman–Crippen MR) is 153 cm³/mol. The lowest BCUT2D eigenvalue weighted by Gasteiger charge is -2.25. The number of pyridine rings is 1. The summed E-state index contributed by atoms with van der Waals surface area (Å²) < 4.78 is 28.5. The third kappa shape index (κ3) is 6.97. The molecule has 0 amide bonds. The zero-order valence-electron chi connectivity index (χ0n) is 21.0. The molecule has 0 bridgehead atoms. The van der Waals surface area contributed by atoms with Crippen molar-refractivity contribution in [1.29, 1.82) is 0 Å². The standard InChI is InChI=1S/C28H29N5O3S2/c1-38(34,35)14-12-29-16-25-17-31-28(37-25)33-13-11-22-15-30-18-27(26(22)19-33)32-23-7-9-24(10-8-23)36-20-21-5-3-2-4-6-21/h2-11,13,15,17-18,29,32H,12,14,16,19-20H2,1H3. The smallest absolute Gasteiger partial charge is 0.189 e. The predicted octanol–water partition coefficient (Wildman–Crippen LogP) is 4.99. The number of anilines is 3. The molecule has 2 N–H and O–H groups in total. The topological polar surface area (TPSA) is 96.5 Å². The number of hydrogen-bond acceptors (Lipinski definition) is 9. The summed E-state index contributed by atoms with van der Waals surface area (Å²) >= 11 is 1.59. The van der Waals surface area contributed by atoms with Crippen LogP contribution in [0.3, 0.4) is 0 Å². The number of benzene rings is 2. The van der Waals surface area contributed by atoms with Gasteiger partial charge in [-0.3, -0.25) is 4.98 Å². The summed E-state index contributed by atoms with van der Waals surface area (Å²) in [6.07, 6.45) is 10.9. The summed E-state index contributed by atoms with van der Waals surface area (Å²) in [6, 6.07) is 18.0. The first-order valence-electron chi connectivity index (χ1n) is 12.2. The number of nitrogens with zero attached hydrogens (tertiary/aromatic N) is 3. The SMILES string of the molecule is CS(=O)(=O)CCNCc1cnc(N2C=Cc3cncc(Nc4ccc(OCc5ccccc5)cc4)c3C2)s1. The molecule has 10 heteroatoms. The van der Waals surface area contributed by atoms with Crippen LogP contribution >= 0.6 is 11.3 Å². The zero-order valence-corrected chi connectivity index (χ0v) is 22.6. The normalized spacial score (nSPS) is 12.8. The highest BCUT2D eigenvalue weighted by atomic mass is 32.2. The van der Waals surface area contributed by atoms with Crippen LogP contribution in [-0.2, 0) is 29.5 Å². The second-order valence-electron chi connectivity index (χ2n) is 9.04. The summed E-state index contributed by atoms with van der Waals surface area (Å²) in [5, 5.41) is 7.56. The van der Waals surface area contributed by atoms with Crippen LogP contribution in [0.15, 0.2) is 79.4 Å². The minimum atomic E-state index is -2.97. The van der Waals surface area contributed by atoms with Gasteiger partial charge in [0.1, 0.15) is 22.2 Å². The Morgan fingerprint density at radius 1 is 1.05 bits per heavy atom. The highest BCUT2D eigenvalue weighted by Crippen LogP contribution is 2.33. The van der Waals surface area contributed by atoms with E-state index in [4.69, 9.17) is 4.74 Å². The molecule has 1 aliphatic rings. The second kappa shape index (κ2) is 11.8. The number of thiazole rings is 1. The highest BCUT2D eigenvalue weighted by molar-refractivity contribution is 7.90. The molecule has 38 heavy (non-hydrogen) atoms. The van der Waals surface area contributed by atoms with E-state index in [1.54, 1.807) is 11.3 Å². The first-order valence-corrected chi connectivity index (χ1v) is 15.1. The number of nitrogens with one attached hydrogen (secondary N) is 2. The molecule has 2 aromatic heterocycles. The van der Waals surface area contributed by atoms with E-state index in [1.807, 2.05) is 85.5 Å². The summed E-state index contributed by atoms with van der Waals surface area (Å²) in [5.41, 5.74) is 5.21. The van der Waals surface area contributed by atoms with Gasteiger partial charge in [0.05, 0.1) is 24.2 Å². The van der Waals surface area contributed by atoms with Crippen LogP contribution in [0.25, 0.3) is 6.08 Å². The number of sulfone groups is 1. The van der Waals surface area contributed by atoms with Gasteiger partial charge in [-0.25, -0.2) is 13.4 Å². The van der Waals surface area contributed by atoms with Crippen LogP contribution in [0.4, 0.5) is 16.5 Å². The quantitative estimate of drug-likeness (QED) is 0.254. The van der Waals surface area contributed by atoms with E-state index in [-0.39, 0.29) is 5.75 Å². The van der Waals surface area contributed by atoms with Crippen molar-refractivity contribution in [3.8, 4) is 5.75 Å². The molecule has 0 saturated carbocycles. The Labute approximate surface area is 227 Å². The number of fused-ring (bicyclic) bond motifs is 1. The van der Waals surface area contributed by atoms with Crippen molar-refractivity contribution in [1.82, 2.24) is 15.3 Å². The van der Waals surface area contributed by atoms with Gasteiger partial charge in [0.25, 0.3) is 0 Å². The number of ether oxygens (including phenoxy) is 1. The van der Waals surface area contributed by atoms with E-state index in [0.29, 0.717) is 26.2 Å². The maximum absolute atomic E-state index is 11.3. The summed E-state index contributed by atoms with van der Waals surface area (Å²) in [4.78, 5) is 12.2.